The summed E-state index contributed by atoms with van der Waals surface area (Å²) in [5, 5.41) is 6.48. The van der Waals surface area contributed by atoms with Gasteiger partial charge < -0.3 is 4.74 Å². The summed E-state index contributed by atoms with van der Waals surface area (Å²) < 4.78 is 5.02. The fourth-order valence-corrected chi connectivity index (χ4v) is 2.00. The molecule has 0 unspecified atom stereocenters. The number of nitrogens with one attached hydrogen (secondary N) is 1. The lowest BCUT2D eigenvalue weighted by Gasteiger charge is -2.04. The van der Waals surface area contributed by atoms with Gasteiger partial charge in [0.25, 0.3) is 0 Å². The fourth-order valence-electron chi connectivity index (χ4n) is 1.81. The number of rotatable bonds is 5. The Kier molecular flexibility index (Phi) is 5.92. The summed E-state index contributed by atoms with van der Waals surface area (Å²) in [7, 11) is 1.54. The van der Waals surface area contributed by atoms with Crippen LogP contribution in [0.2, 0.25) is 5.02 Å². The number of ether oxygens (including phenoxy) is 1. The summed E-state index contributed by atoms with van der Waals surface area (Å²) >= 11 is 5.81. The van der Waals surface area contributed by atoms with Gasteiger partial charge in [0, 0.05) is 16.3 Å². The predicted molar refractivity (Wildman–Crippen MR) is 92.0 cm³/mol. The molecule has 24 heavy (non-hydrogen) atoms. The largest absolute Gasteiger partial charge is 0.497 e. The van der Waals surface area contributed by atoms with Crippen molar-refractivity contribution in [3.63, 3.8) is 0 Å². The molecule has 124 valence electrons. The Morgan fingerprint density at radius 3 is 2.46 bits per heavy atom. The minimum atomic E-state index is -0.820. The van der Waals surface area contributed by atoms with E-state index in [4.69, 9.17) is 16.3 Å². The number of oxime groups is 1. The van der Waals surface area contributed by atoms with Crippen molar-refractivity contribution >= 4 is 34.9 Å². The number of amides is 1. The number of carbonyl (C=O) groups is 2. The van der Waals surface area contributed by atoms with Gasteiger partial charge in [0.15, 0.2) is 0 Å². The zero-order valence-corrected chi connectivity index (χ0v) is 13.8. The maximum Gasteiger partial charge on any atom is 0.437 e. The van der Waals surface area contributed by atoms with Gasteiger partial charge in [-0.15, -0.1) is 0 Å². The first-order valence-electron chi connectivity index (χ1n) is 6.96. The number of halogens is 1. The highest BCUT2D eigenvalue weighted by atomic mass is 35.5. The van der Waals surface area contributed by atoms with Gasteiger partial charge in [0.1, 0.15) is 11.5 Å². The Labute approximate surface area is 144 Å². The van der Waals surface area contributed by atoms with Gasteiger partial charge >= 0.3 is 6.09 Å². The molecule has 2 aromatic carbocycles. The number of ketones is 1. The first-order chi connectivity index (χ1) is 11.5. The molecule has 2 rings (SSSR count). The number of hydrogen-bond donors (Lipinski definition) is 1. The van der Waals surface area contributed by atoms with E-state index in [1.165, 1.54) is 14.0 Å². The standard InChI is InChI=1S/C17H15ClN2O4/c1-11(16(21)12-6-8-15(23-2)9-7-12)20-24-17(22)19-14-5-3-4-13(18)10-14/h3-10H,1-2H3,(H,19,22)/b20-11-. The van der Waals surface area contributed by atoms with Crippen molar-refractivity contribution in [3.05, 3.63) is 59.1 Å². The lowest BCUT2D eigenvalue weighted by Crippen LogP contribution is -2.15. The van der Waals surface area contributed by atoms with Crippen molar-refractivity contribution in [1.82, 2.24) is 0 Å². The van der Waals surface area contributed by atoms with E-state index in [-0.39, 0.29) is 11.5 Å². The van der Waals surface area contributed by atoms with Gasteiger partial charge in [0.2, 0.25) is 5.78 Å². The SMILES string of the molecule is COc1ccc(C(=O)/C(C)=N\OC(=O)Nc2cccc(Cl)c2)cc1. The molecule has 0 atom stereocenters. The summed E-state index contributed by atoms with van der Waals surface area (Å²) in [6.07, 6.45) is -0.820. The molecule has 0 aliphatic heterocycles. The summed E-state index contributed by atoms with van der Waals surface area (Å²) in [4.78, 5) is 28.5. The molecule has 6 nitrogen and oxygen atoms in total. The van der Waals surface area contributed by atoms with Gasteiger partial charge in [-0.1, -0.05) is 22.8 Å². The monoisotopic (exact) mass is 346 g/mol. The predicted octanol–water partition coefficient (Wildman–Crippen LogP) is 4.16. The lowest BCUT2D eigenvalue weighted by molar-refractivity contribution is 0.105. The smallest absolute Gasteiger partial charge is 0.437 e. The number of anilines is 1. The number of nitrogens with zero attached hydrogens (tertiary/aromatic N) is 1. The van der Waals surface area contributed by atoms with Crippen LogP contribution in [0.5, 0.6) is 5.75 Å². The van der Waals surface area contributed by atoms with E-state index in [9.17, 15) is 9.59 Å². The molecule has 0 spiro atoms. The van der Waals surface area contributed by atoms with Gasteiger partial charge in [-0.05, 0) is 49.4 Å². The number of methoxy groups -OCH3 is 1. The van der Waals surface area contributed by atoms with E-state index in [2.05, 4.69) is 15.3 Å². The van der Waals surface area contributed by atoms with E-state index in [1.807, 2.05) is 0 Å². The van der Waals surface area contributed by atoms with Crippen LogP contribution < -0.4 is 10.1 Å². The zero-order chi connectivity index (χ0) is 17.5. The summed E-state index contributed by atoms with van der Waals surface area (Å²) in [5.74, 6) is 0.284. The number of Topliss-reactive ketones (excluding diaryl/α,β-unsaturated/α-hetero) is 1. The molecule has 0 radical (unpaired) electrons. The summed E-state index contributed by atoms with van der Waals surface area (Å²) in [6, 6.07) is 13.1. The van der Waals surface area contributed by atoms with Crippen LogP contribution in [-0.2, 0) is 4.84 Å². The molecule has 2 aromatic rings. The Balaban J connectivity index is 1.96. The molecule has 0 aliphatic carbocycles. The second-order valence-corrected chi connectivity index (χ2v) is 5.18. The van der Waals surface area contributed by atoms with Gasteiger partial charge in [-0.2, -0.15) is 0 Å². The highest BCUT2D eigenvalue weighted by Gasteiger charge is 2.12. The normalized spacial score (nSPS) is 10.9. The van der Waals surface area contributed by atoms with Crippen LogP contribution in [-0.4, -0.2) is 24.7 Å². The number of hydrogen-bond acceptors (Lipinski definition) is 5. The Morgan fingerprint density at radius 1 is 1.12 bits per heavy atom. The third-order valence-corrected chi connectivity index (χ3v) is 3.25. The average Bonchev–Trinajstić information content (AvgIpc) is 2.59. The molecular weight excluding hydrogens is 332 g/mol. The van der Waals surface area contributed by atoms with Gasteiger partial charge in [-0.3, -0.25) is 14.9 Å². The van der Waals surface area contributed by atoms with Crippen LogP contribution in [0.25, 0.3) is 0 Å². The molecule has 0 heterocycles. The third-order valence-electron chi connectivity index (χ3n) is 3.02. The van der Waals surface area contributed by atoms with E-state index < -0.39 is 6.09 Å². The van der Waals surface area contributed by atoms with Crippen molar-refractivity contribution in [1.29, 1.82) is 0 Å². The molecule has 0 saturated carbocycles. The molecular formula is C17H15ClN2O4. The molecule has 1 amide bonds. The number of carbonyl (C=O) groups excluding carboxylic acids is 2. The quantitative estimate of drug-likeness (QED) is 0.382. The first kappa shape index (κ1) is 17.5. The Hall–Kier alpha value is -2.86. The molecule has 0 saturated heterocycles. The molecule has 0 fully saturated rings. The van der Waals surface area contributed by atoms with E-state index in [0.29, 0.717) is 22.0 Å². The summed E-state index contributed by atoms with van der Waals surface area (Å²) in [5.41, 5.74) is 0.916. The highest BCUT2D eigenvalue weighted by Crippen LogP contribution is 2.15. The Morgan fingerprint density at radius 2 is 1.83 bits per heavy atom. The van der Waals surface area contributed by atoms with Crippen molar-refractivity contribution in [2.75, 3.05) is 12.4 Å². The molecule has 0 aliphatic rings. The average molecular weight is 347 g/mol. The number of benzene rings is 2. The zero-order valence-electron chi connectivity index (χ0n) is 13.1. The minimum absolute atomic E-state index is 0.0430. The maximum absolute atomic E-state index is 12.2. The van der Waals surface area contributed by atoms with Crippen LogP contribution in [0.4, 0.5) is 10.5 Å². The van der Waals surface area contributed by atoms with Crippen molar-refractivity contribution < 1.29 is 19.2 Å². The van der Waals surface area contributed by atoms with Crippen molar-refractivity contribution in [2.45, 2.75) is 6.92 Å². The topological polar surface area (TPSA) is 77.0 Å². The maximum atomic E-state index is 12.2. The lowest BCUT2D eigenvalue weighted by atomic mass is 10.1. The van der Waals surface area contributed by atoms with Crippen molar-refractivity contribution in [2.24, 2.45) is 5.16 Å². The highest BCUT2D eigenvalue weighted by molar-refractivity contribution is 6.45. The molecule has 1 N–H and O–H groups in total. The first-order valence-corrected chi connectivity index (χ1v) is 7.34. The van der Waals surface area contributed by atoms with Crippen LogP contribution >= 0.6 is 11.6 Å². The second-order valence-electron chi connectivity index (χ2n) is 4.75. The van der Waals surface area contributed by atoms with Gasteiger partial charge in [0.05, 0.1) is 7.11 Å². The second kappa shape index (κ2) is 8.12. The third kappa shape index (κ3) is 4.82. The fraction of sp³-hybridized carbons (Fsp3) is 0.118. The van der Waals surface area contributed by atoms with E-state index in [1.54, 1.807) is 48.5 Å². The van der Waals surface area contributed by atoms with Crippen LogP contribution in [0, 0.1) is 0 Å². The van der Waals surface area contributed by atoms with E-state index in [0.717, 1.165) is 0 Å². The molecule has 0 bridgehead atoms. The van der Waals surface area contributed by atoms with Gasteiger partial charge in [-0.25, -0.2) is 4.79 Å². The molecule has 0 aromatic heterocycles. The van der Waals surface area contributed by atoms with E-state index >= 15 is 0 Å². The van der Waals surface area contributed by atoms with Crippen molar-refractivity contribution in [3.8, 4) is 5.75 Å². The van der Waals surface area contributed by atoms with Crippen LogP contribution in [0.15, 0.2) is 53.7 Å². The molecule has 7 heteroatoms. The van der Waals surface area contributed by atoms with Crippen LogP contribution in [0.3, 0.4) is 0 Å². The minimum Gasteiger partial charge on any atom is -0.497 e. The summed E-state index contributed by atoms with van der Waals surface area (Å²) in [6.45, 7) is 1.46. The van der Waals surface area contributed by atoms with Crippen LogP contribution in [0.1, 0.15) is 17.3 Å². The Bertz CT molecular complexity index is 772.